The van der Waals surface area contributed by atoms with Gasteiger partial charge in [0, 0.05) is 24.7 Å². The van der Waals surface area contributed by atoms with Crippen LogP contribution in [0.2, 0.25) is 0 Å². The molecule has 0 saturated carbocycles. The van der Waals surface area contributed by atoms with Crippen molar-refractivity contribution in [1.29, 1.82) is 0 Å². The summed E-state index contributed by atoms with van der Waals surface area (Å²) in [7, 11) is 0. The number of hydrogen-bond donors (Lipinski definition) is 1. The van der Waals surface area contributed by atoms with Crippen molar-refractivity contribution in [3.05, 3.63) is 0 Å². The molecule has 0 aromatic heterocycles. The molecule has 128 valence electrons. The van der Waals surface area contributed by atoms with Gasteiger partial charge in [-0.3, -0.25) is 4.90 Å². The van der Waals surface area contributed by atoms with E-state index in [0.29, 0.717) is 12.0 Å². The first-order valence-corrected chi connectivity index (χ1v) is 9.41. The maximum absolute atomic E-state index is 6.23. The summed E-state index contributed by atoms with van der Waals surface area (Å²) in [6.07, 6.45) is 10.5. The van der Waals surface area contributed by atoms with Gasteiger partial charge in [-0.05, 0) is 32.1 Å². The van der Waals surface area contributed by atoms with Crippen LogP contribution in [0.4, 0.5) is 0 Å². The molecule has 2 heteroatoms. The van der Waals surface area contributed by atoms with Gasteiger partial charge in [0.05, 0.1) is 0 Å². The van der Waals surface area contributed by atoms with Crippen LogP contribution in [0.5, 0.6) is 0 Å². The number of nitrogens with zero attached hydrogens (tertiary/aromatic N) is 1. The van der Waals surface area contributed by atoms with E-state index in [-0.39, 0.29) is 5.54 Å². The van der Waals surface area contributed by atoms with E-state index in [1.807, 2.05) is 0 Å². The lowest BCUT2D eigenvalue weighted by atomic mass is 9.88. The largest absolute Gasteiger partial charge is 0.329 e. The Kier molecular flexibility index (Phi) is 11.4. The minimum absolute atomic E-state index is 0.174. The van der Waals surface area contributed by atoms with Crippen molar-refractivity contribution >= 4 is 0 Å². The molecule has 0 amide bonds. The van der Waals surface area contributed by atoms with E-state index in [9.17, 15) is 0 Å². The highest BCUT2D eigenvalue weighted by atomic mass is 15.2. The topological polar surface area (TPSA) is 29.3 Å². The van der Waals surface area contributed by atoms with Gasteiger partial charge in [0.1, 0.15) is 0 Å². The Morgan fingerprint density at radius 2 is 1.52 bits per heavy atom. The summed E-state index contributed by atoms with van der Waals surface area (Å²) in [4.78, 5) is 2.73. The van der Waals surface area contributed by atoms with Crippen LogP contribution in [-0.2, 0) is 0 Å². The van der Waals surface area contributed by atoms with E-state index in [4.69, 9.17) is 5.73 Å². The SMILES string of the molecule is CCCCCCCC(C)(CN)N(CC(C)C)C(CC)CC. The molecule has 1 atom stereocenters. The zero-order valence-corrected chi connectivity index (χ0v) is 15.8. The molecule has 0 bridgehead atoms. The van der Waals surface area contributed by atoms with Gasteiger partial charge in [-0.15, -0.1) is 0 Å². The van der Waals surface area contributed by atoms with E-state index in [1.165, 1.54) is 57.9 Å². The monoisotopic (exact) mass is 298 g/mol. The lowest BCUT2D eigenvalue weighted by molar-refractivity contribution is 0.0361. The molecular weight excluding hydrogens is 256 g/mol. The number of hydrogen-bond acceptors (Lipinski definition) is 2. The van der Waals surface area contributed by atoms with E-state index in [2.05, 4.69) is 46.4 Å². The Labute approximate surface area is 134 Å². The maximum atomic E-state index is 6.23. The Balaban J connectivity index is 4.74. The molecule has 2 N–H and O–H groups in total. The third-order valence-electron chi connectivity index (χ3n) is 4.90. The number of nitrogens with two attached hydrogens (primary N) is 1. The van der Waals surface area contributed by atoms with Gasteiger partial charge < -0.3 is 5.73 Å². The van der Waals surface area contributed by atoms with Crippen LogP contribution in [0.25, 0.3) is 0 Å². The van der Waals surface area contributed by atoms with E-state index in [0.717, 1.165) is 6.54 Å². The third kappa shape index (κ3) is 7.65. The molecule has 0 fully saturated rings. The Bertz CT molecular complexity index is 236. The van der Waals surface area contributed by atoms with E-state index < -0.39 is 0 Å². The minimum Gasteiger partial charge on any atom is -0.329 e. The van der Waals surface area contributed by atoms with Gasteiger partial charge in [0.25, 0.3) is 0 Å². The van der Waals surface area contributed by atoms with Gasteiger partial charge in [-0.2, -0.15) is 0 Å². The number of unbranched alkanes of at least 4 members (excludes halogenated alkanes) is 4. The second-order valence-corrected chi connectivity index (χ2v) is 7.38. The second kappa shape index (κ2) is 11.5. The zero-order valence-electron chi connectivity index (χ0n) is 15.8. The van der Waals surface area contributed by atoms with Gasteiger partial charge in [0.2, 0.25) is 0 Å². The fourth-order valence-electron chi connectivity index (χ4n) is 3.41. The fraction of sp³-hybridized carbons (Fsp3) is 1.00. The Morgan fingerprint density at radius 1 is 0.952 bits per heavy atom. The van der Waals surface area contributed by atoms with Crippen molar-refractivity contribution < 1.29 is 0 Å². The molecule has 0 heterocycles. The second-order valence-electron chi connectivity index (χ2n) is 7.38. The fourth-order valence-corrected chi connectivity index (χ4v) is 3.41. The maximum Gasteiger partial charge on any atom is 0.0306 e. The molecular formula is C19H42N2. The average Bonchev–Trinajstić information content (AvgIpc) is 2.46. The summed E-state index contributed by atoms with van der Waals surface area (Å²) >= 11 is 0. The van der Waals surface area contributed by atoms with Gasteiger partial charge in [-0.25, -0.2) is 0 Å². The number of rotatable bonds is 13. The molecule has 1 unspecified atom stereocenters. The molecule has 0 radical (unpaired) electrons. The first-order valence-electron chi connectivity index (χ1n) is 9.41. The first kappa shape index (κ1) is 20.9. The van der Waals surface area contributed by atoms with Crippen LogP contribution in [0, 0.1) is 5.92 Å². The van der Waals surface area contributed by atoms with Gasteiger partial charge in [0.15, 0.2) is 0 Å². The van der Waals surface area contributed by atoms with Crippen molar-refractivity contribution in [3.8, 4) is 0 Å². The zero-order chi connectivity index (χ0) is 16.3. The van der Waals surface area contributed by atoms with Crippen molar-refractivity contribution in [3.63, 3.8) is 0 Å². The predicted molar refractivity (Wildman–Crippen MR) is 96.7 cm³/mol. The summed E-state index contributed by atoms with van der Waals surface area (Å²) in [6.45, 7) is 15.9. The van der Waals surface area contributed by atoms with Crippen molar-refractivity contribution in [2.75, 3.05) is 13.1 Å². The molecule has 0 aliphatic heterocycles. The molecule has 0 spiro atoms. The van der Waals surface area contributed by atoms with Gasteiger partial charge in [-0.1, -0.05) is 66.7 Å². The van der Waals surface area contributed by atoms with Crippen LogP contribution in [-0.4, -0.2) is 29.6 Å². The highest BCUT2D eigenvalue weighted by Crippen LogP contribution is 2.28. The molecule has 0 aliphatic carbocycles. The minimum atomic E-state index is 0.174. The summed E-state index contributed by atoms with van der Waals surface area (Å²) in [5, 5.41) is 0. The molecule has 0 rings (SSSR count). The van der Waals surface area contributed by atoms with Crippen molar-refractivity contribution in [1.82, 2.24) is 4.90 Å². The van der Waals surface area contributed by atoms with E-state index in [1.54, 1.807) is 0 Å². The van der Waals surface area contributed by atoms with Crippen LogP contribution in [0.3, 0.4) is 0 Å². The van der Waals surface area contributed by atoms with Crippen LogP contribution < -0.4 is 5.73 Å². The summed E-state index contributed by atoms with van der Waals surface area (Å²) < 4.78 is 0. The predicted octanol–water partition coefficient (Wildman–Crippen LogP) is 5.21. The highest BCUT2D eigenvalue weighted by Gasteiger charge is 2.33. The highest BCUT2D eigenvalue weighted by molar-refractivity contribution is 4.91. The van der Waals surface area contributed by atoms with Crippen LogP contribution in [0.1, 0.15) is 92.9 Å². The summed E-state index contributed by atoms with van der Waals surface area (Å²) in [5.41, 5.74) is 6.40. The lowest BCUT2D eigenvalue weighted by Crippen LogP contribution is -2.56. The summed E-state index contributed by atoms with van der Waals surface area (Å²) in [5.74, 6) is 0.705. The van der Waals surface area contributed by atoms with Crippen LogP contribution in [0.15, 0.2) is 0 Å². The quantitative estimate of drug-likeness (QED) is 0.473. The molecule has 2 nitrogen and oxygen atoms in total. The molecule has 0 saturated heterocycles. The first-order chi connectivity index (χ1) is 9.95. The standard InChI is InChI=1S/C19H42N2/c1-7-10-11-12-13-14-19(6,16-20)21(15-17(4)5)18(8-2)9-3/h17-18H,7-16,20H2,1-6H3. The molecule has 0 aromatic rings. The smallest absolute Gasteiger partial charge is 0.0306 e. The normalized spacial score (nSPS) is 15.1. The van der Waals surface area contributed by atoms with Crippen molar-refractivity contribution in [2.45, 2.75) is 104 Å². The van der Waals surface area contributed by atoms with E-state index >= 15 is 0 Å². The van der Waals surface area contributed by atoms with Crippen molar-refractivity contribution in [2.24, 2.45) is 11.7 Å². The molecule has 21 heavy (non-hydrogen) atoms. The lowest BCUT2D eigenvalue weighted by Gasteiger charge is -2.46. The summed E-state index contributed by atoms with van der Waals surface area (Å²) in [6, 6.07) is 0.677. The third-order valence-corrected chi connectivity index (χ3v) is 4.90. The Morgan fingerprint density at radius 3 is 1.95 bits per heavy atom. The Hall–Kier alpha value is -0.0800. The van der Waals surface area contributed by atoms with Gasteiger partial charge >= 0.3 is 0 Å². The molecule has 0 aliphatic rings. The molecule has 0 aromatic carbocycles. The van der Waals surface area contributed by atoms with Crippen LogP contribution >= 0.6 is 0 Å². The average molecular weight is 299 g/mol.